The van der Waals surface area contributed by atoms with E-state index in [0.29, 0.717) is 13.2 Å². The average molecular weight is 487 g/mol. The maximum atomic E-state index is 11.5. The van der Waals surface area contributed by atoms with Gasteiger partial charge in [-0.2, -0.15) is 0 Å². The van der Waals surface area contributed by atoms with Crippen molar-refractivity contribution in [2.24, 2.45) is 0 Å². The van der Waals surface area contributed by atoms with Crippen molar-refractivity contribution in [3.8, 4) is 28.3 Å². The van der Waals surface area contributed by atoms with Crippen molar-refractivity contribution in [1.82, 2.24) is 4.57 Å². The second kappa shape index (κ2) is 9.23. The fraction of sp³-hybridized carbons (Fsp3) is 0.143. The van der Waals surface area contributed by atoms with E-state index in [9.17, 15) is 14.4 Å². The number of nitrogens with zero attached hydrogens (tertiary/aromatic N) is 1. The van der Waals surface area contributed by atoms with Gasteiger partial charge in [0.1, 0.15) is 11.5 Å². The van der Waals surface area contributed by atoms with Crippen LogP contribution in [0.4, 0.5) is 0 Å². The highest BCUT2D eigenvalue weighted by atomic mass is 31.2. The molecule has 5 aromatic rings. The first kappa shape index (κ1) is 23.2. The molecule has 0 saturated heterocycles. The summed E-state index contributed by atoms with van der Waals surface area (Å²) in [5.41, 5.74) is 4.90. The molecule has 0 saturated carbocycles. The molecule has 0 amide bonds. The minimum Gasteiger partial charge on any atom is -0.494 e. The zero-order chi connectivity index (χ0) is 24.6. The van der Waals surface area contributed by atoms with Gasteiger partial charge in [-0.1, -0.05) is 24.3 Å². The topological polar surface area (TPSA) is 80.9 Å². The van der Waals surface area contributed by atoms with Gasteiger partial charge in [-0.3, -0.25) is 4.57 Å². The summed E-state index contributed by atoms with van der Waals surface area (Å²) < 4.78 is 25.3. The predicted octanol–water partition coefficient (Wildman–Crippen LogP) is 6.05. The molecule has 1 heterocycles. The van der Waals surface area contributed by atoms with Gasteiger partial charge in [0.25, 0.3) is 0 Å². The third-order valence-corrected chi connectivity index (χ3v) is 6.94. The first-order chi connectivity index (χ1) is 16.9. The Morgan fingerprint density at radius 2 is 1.29 bits per heavy atom. The van der Waals surface area contributed by atoms with Gasteiger partial charge in [-0.15, -0.1) is 0 Å². The Morgan fingerprint density at radius 1 is 0.714 bits per heavy atom. The number of aromatic nitrogens is 1. The summed E-state index contributed by atoms with van der Waals surface area (Å²) in [5.74, 6) is 1.64. The van der Waals surface area contributed by atoms with Crippen LogP contribution in [-0.2, 0) is 4.57 Å². The SMILES string of the molecule is CCOc1ccc2c(c1)c1cc(OCC)ccc1n2-c1cccc(-c2ccc(P(=O)(O)O)cc2)c1. The van der Waals surface area contributed by atoms with Crippen LogP contribution in [0.15, 0.2) is 84.9 Å². The quantitative estimate of drug-likeness (QED) is 0.273. The second-order valence-corrected chi connectivity index (χ2v) is 9.81. The van der Waals surface area contributed by atoms with E-state index in [2.05, 4.69) is 41.0 Å². The zero-order valence-corrected chi connectivity index (χ0v) is 20.4. The van der Waals surface area contributed by atoms with Gasteiger partial charge < -0.3 is 23.8 Å². The number of benzene rings is 4. The molecule has 6 nitrogen and oxygen atoms in total. The summed E-state index contributed by atoms with van der Waals surface area (Å²) in [4.78, 5) is 18.8. The molecular formula is C28H26NO5P. The molecule has 4 aromatic carbocycles. The molecular weight excluding hydrogens is 461 g/mol. The summed E-state index contributed by atoms with van der Waals surface area (Å²) in [6.45, 7) is 5.13. The fourth-order valence-electron chi connectivity index (χ4n) is 4.45. The predicted molar refractivity (Wildman–Crippen MR) is 140 cm³/mol. The molecule has 0 unspecified atom stereocenters. The van der Waals surface area contributed by atoms with Gasteiger partial charge in [-0.05, 0) is 85.6 Å². The van der Waals surface area contributed by atoms with Crippen molar-refractivity contribution in [3.05, 3.63) is 84.9 Å². The van der Waals surface area contributed by atoms with Gasteiger partial charge in [0, 0.05) is 16.5 Å². The van der Waals surface area contributed by atoms with Crippen LogP contribution in [-0.4, -0.2) is 27.6 Å². The van der Waals surface area contributed by atoms with E-state index in [4.69, 9.17) is 9.47 Å². The maximum absolute atomic E-state index is 11.5. The van der Waals surface area contributed by atoms with Crippen LogP contribution in [0.2, 0.25) is 0 Å². The Kier molecular flexibility index (Phi) is 6.12. The second-order valence-electron chi connectivity index (χ2n) is 8.20. The minimum atomic E-state index is -4.28. The Labute approximate surface area is 203 Å². The Bertz CT molecular complexity index is 1500. The van der Waals surface area contributed by atoms with Crippen molar-refractivity contribution in [1.29, 1.82) is 0 Å². The number of hydrogen-bond acceptors (Lipinski definition) is 3. The summed E-state index contributed by atoms with van der Waals surface area (Å²) in [6.07, 6.45) is 0. The minimum absolute atomic E-state index is 0.00927. The first-order valence-corrected chi connectivity index (χ1v) is 13.1. The Morgan fingerprint density at radius 3 is 1.80 bits per heavy atom. The standard InChI is InChI=1S/C28H26NO5P/c1-3-33-22-10-14-27-25(17-22)26-18-23(34-4-2)11-15-28(26)29(27)21-7-5-6-20(16-21)19-8-12-24(13-9-19)35(30,31)32/h5-18H,3-4H2,1-2H3,(H2,30,31,32). The van der Waals surface area contributed by atoms with Gasteiger partial charge in [0.2, 0.25) is 0 Å². The first-order valence-electron chi connectivity index (χ1n) is 11.5. The molecule has 0 aliphatic rings. The van der Waals surface area contributed by atoms with Gasteiger partial charge >= 0.3 is 7.60 Å². The van der Waals surface area contributed by atoms with E-state index < -0.39 is 7.60 Å². The van der Waals surface area contributed by atoms with Crippen molar-refractivity contribution in [2.45, 2.75) is 13.8 Å². The smallest absolute Gasteiger partial charge is 0.356 e. The highest BCUT2D eigenvalue weighted by molar-refractivity contribution is 7.60. The van der Waals surface area contributed by atoms with Crippen LogP contribution in [0.3, 0.4) is 0 Å². The third kappa shape index (κ3) is 4.44. The van der Waals surface area contributed by atoms with Crippen LogP contribution in [0, 0.1) is 0 Å². The maximum Gasteiger partial charge on any atom is 0.356 e. The number of rotatable bonds is 7. The van der Waals surface area contributed by atoms with Crippen LogP contribution in [0.25, 0.3) is 38.6 Å². The largest absolute Gasteiger partial charge is 0.494 e. The van der Waals surface area contributed by atoms with Crippen molar-refractivity contribution < 1.29 is 23.8 Å². The lowest BCUT2D eigenvalue weighted by atomic mass is 10.1. The van der Waals surface area contributed by atoms with Crippen molar-refractivity contribution >= 4 is 34.7 Å². The molecule has 178 valence electrons. The molecule has 0 spiro atoms. The monoisotopic (exact) mass is 487 g/mol. The summed E-state index contributed by atoms with van der Waals surface area (Å²) >= 11 is 0. The Balaban J connectivity index is 1.68. The summed E-state index contributed by atoms with van der Waals surface area (Å²) in [6, 6.07) is 26.8. The van der Waals surface area contributed by atoms with Gasteiger partial charge in [0.05, 0.1) is 29.6 Å². The molecule has 0 aliphatic carbocycles. The van der Waals surface area contributed by atoms with E-state index in [-0.39, 0.29) is 5.30 Å². The average Bonchev–Trinajstić information content (AvgIpc) is 3.17. The molecule has 7 heteroatoms. The molecule has 2 N–H and O–H groups in total. The zero-order valence-electron chi connectivity index (χ0n) is 19.5. The highest BCUT2D eigenvalue weighted by Gasteiger charge is 2.17. The fourth-order valence-corrected chi connectivity index (χ4v) is 4.98. The summed E-state index contributed by atoms with van der Waals surface area (Å²) in [5, 5.41) is 2.16. The number of fused-ring (bicyclic) bond motifs is 3. The lowest BCUT2D eigenvalue weighted by molar-refractivity contribution is 0.340. The van der Waals surface area contributed by atoms with Crippen LogP contribution < -0.4 is 14.8 Å². The van der Waals surface area contributed by atoms with E-state index in [1.54, 1.807) is 12.1 Å². The molecule has 0 radical (unpaired) electrons. The normalized spacial score (nSPS) is 11.8. The lowest BCUT2D eigenvalue weighted by Crippen LogP contribution is -2.02. The molecule has 0 bridgehead atoms. The number of ether oxygens (including phenoxy) is 2. The van der Waals surface area contributed by atoms with E-state index >= 15 is 0 Å². The molecule has 5 rings (SSSR count). The van der Waals surface area contributed by atoms with Gasteiger partial charge in [0.15, 0.2) is 0 Å². The van der Waals surface area contributed by atoms with E-state index in [1.165, 1.54) is 12.1 Å². The molecule has 0 aliphatic heterocycles. The van der Waals surface area contributed by atoms with Crippen LogP contribution in [0.5, 0.6) is 11.5 Å². The van der Waals surface area contributed by atoms with E-state index in [1.807, 2.05) is 38.1 Å². The molecule has 1 aromatic heterocycles. The molecule has 0 fully saturated rings. The third-order valence-electron chi connectivity index (χ3n) is 5.97. The summed E-state index contributed by atoms with van der Waals surface area (Å²) in [7, 11) is -4.28. The molecule has 35 heavy (non-hydrogen) atoms. The van der Waals surface area contributed by atoms with Gasteiger partial charge in [-0.25, -0.2) is 0 Å². The van der Waals surface area contributed by atoms with Crippen molar-refractivity contribution in [3.63, 3.8) is 0 Å². The van der Waals surface area contributed by atoms with Crippen molar-refractivity contribution in [2.75, 3.05) is 13.2 Å². The lowest BCUT2D eigenvalue weighted by Gasteiger charge is -2.11. The molecule has 0 atom stereocenters. The highest BCUT2D eigenvalue weighted by Crippen LogP contribution is 2.37. The number of hydrogen-bond donors (Lipinski definition) is 2. The van der Waals surface area contributed by atoms with Crippen LogP contribution >= 0.6 is 7.60 Å². The Hall–Kier alpha value is -3.57. The van der Waals surface area contributed by atoms with Crippen LogP contribution in [0.1, 0.15) is 13.8 Å². The van der Waals surface area contributed by atoms with E-state index in [0.717, 1.165) is 50.1 Å².